The summed E-state index contributed by atoms with van der Waals surface area (Å²) >= 11 is 5.99. The highest BCUT2D eigenvalue weighted by atomic mass is 35.5. The first-order valence-corrected chi connectivity index (χ1v) is 5.05. The van der Waals surface area contributed by atoms with E-state index in [9.17, 15) is 4.39 Å². The molecule has 2 aromatic rings. The molecule has 0 aromatic heterocycles. The number of nitriles is 1. The Balaban J connectivity index is 2.65. The molecular formula is C13H7ClFN. The van der Waals surface area contributed by atoms with E-state index in [1.54, 1.807) is 12.1 Å². The minimum Gasteiger partial charge on any atom is -0.205 e. The second-order valence-electron chi connectivity index (χ2n) is 3.26. The van der Waals surface area contributed by atoms with Gasteiger partial charge in [0.25, 0.3) is 0 Å². The number of rotatable bonds is 1. The molecule has 2 aromatic carbocycles. The van der Waals surface area contributed by atoms with Crippen molar-refractivity contribution in [2.75, 3.05) is 0 Å². The highest BCUT2D eigenvalue weighted by Gasteiger charge is 2.12. The molecule has 0 amide bonds. The van der Waals surface area contributed by atoms with Crippen LogP contribution in [0.15, 0.2) is 42.5 Å². The summed E-state index contributed by atoms with van der Waals surface area (Å²) in [6.45, 7) is 0. The summed E-state index contributed by atoms with van der Waals surface area (Å²) in [5, 5.41) is 8.96. The Hall–Kier alpha value is -1.85. The third kappa shape index (κ3) is 1.78. The minimum absolute atomic E-state index is 0.108. The van der Waals surface area contributed by atoms with E-state index < -0.39 is 5.82 Å². The van der Waals surface area contributed by atoms with Crippen LogP contribution in [0, 0.1) is 17.1 Å². The zero-order chi connectivity index (χ0) is 11.5. The lowest BCUT2D eigenvalue weighted by Gasteiger charge is -2.06. The first-order valence-electron chi connectivity index (χ1n) is 4.67. The zero-order valence-electron chi connectivity index (χ0n) is 8.24. The fourth-order valence-corrected chi connectivity index (χ4v) is 1.80. The quantitative estimate of drug-likeness (QED) is 0.727. The van der Waals surface area contributed by atoms with Crippen molar-refractivity contribution in [3.05, 3.63) is 58.9 Å². The Labute approximate surface area is 97.7 Å². The molecule has 0 saturated heterocycles. The molecule has 0 fully saturated rings. The van der Waals surface area contributed by atoms with E-state index in [2.05, 4.69) is 0 Å². The van der Waals surface area contributed by atoms with Gasteiger partial charge >= 0.3 is 0 Å². The molecule has 1 nitrogen and oxygen atoms in total. The van der Waals surface area contributed by atoms with Gasteiger partial charge in [-0.2, -0.15) is 5.26 Å². The summed E-state index contributed by atoms with van der Waals surface area (Å²) in [7, 11) is 0. The van der Waals surface area contributed by atoms with Crippen LogP contribution in [-0.2, 0) is 0 Å². The molecular weight excluding hydrogens is 225 g/mol. The first kappa shape index (κ1) is 10.7. The number of benzene rings is 2. The van der Waals surface area contributed by atoms with Gasteiger partial charge in [0.15, 0.2) is 0 Å². The molecule has 0 atom stereocenters. The van der Waals surface area contributed by atoms with Gasteiger partial charge in [-0.05, 0) is 17.7 Å². The lowest BCUT2D eigenvalue weighted by Crippen LogP contribution is -1.88. The van der Waals surface area contributed by atoms with Crippen LogP contribution in [0.1, 0.15) is 5.56 Å². The molecule has 0 bridgehead atoms. The van der Waals surface area contributed by atoms with Crippen molar-refractivity contribution in [2.45, 2.75) is 0 Å². The number of hydrogen-bond acceptors (Lipinski definition) is 1. The maximum Gasteiger partial charge on any atom is 0.142 e. The fourth-order valence-electron chi connectivity index (χ4n) is 1.50. The van der Waals surface area contributed by atoms with Crippen LogP contribution in [0.25, 0.3) is 11.1 Å². The molecule has 2 rings (SSSR count). The Morgan fingerprint density at radius 3 is 2.38 bits per heavy atom. The van der Waals surface area contributed by atoms with Crippen LogP contribution in [0.2, 0.25) is 5.02 Å². The first-order chi connectivity index (χ1) is 7.74. The monoisotopic (exact) mass is 231 g/mol. The second-order valence-corrected chi connectivity index (χ2v) is 3.64. The van der Waals surface area contributed by atoms with Crippen molar-refractivity contribution in [1.29, 1.82) is 5.26 Å². The van der Waals surface area contributed by atoms with Crippen LogP contribution in [0.5, 0.6) is 0 Å². The van der Waals surface area contributed by atoms with Gasteiger partial charge in [-0.3, -0.25) is 0 Å². The van der Waals surface area contributed by atoms with E-state index in [4.69, 9.17) is 16.9 Å². The van der Waals surface area contributed by atoms with Crippen molar-refractivity contribution in [2.24, 2.45) is 0 Å². The molecule has 0 radical (unpaired) electrons. The Kier molecular flexibility index (Phi) is 2.89. The van der Waals surface area contributed by atoms with Gasteiger partial charge in [0.2, 0.25) is 0 Å². The van der Waals surface area contributed by atoms with E-state index >= 15 is 0 Å². The summed E-state index contributed by atoms with van der Waals surface area (Å²) in [5.41, 5.74) is 1.42. The molecule has 0 aliphatic heterocycles. The standard InChI is InChI=1S/C13H7ClFN/c14-13-10(9-4-2-1-3-5-9)6-7-12(15)11(13)8-16/h1-7H. The highest BCUT2D eigenvalue weighted by molar-refractivity contribution is 6.34. The number of nitrogens with zero attached hydrogens (tertiary/aromatic N) is 1. The average Bonchev–Trinajstić information content (AvgIpc) is 2.31. The van der Waals surface area contributed by atoms with Crippen LogP contribution in [0.4, 0.5) is 4.39 Å². The van der Waals surface area contributed by atoms with E-state index in [-0.39, 0.29) is 10.6 Å². The Bertz CT molecular complexity index is 558. The maximum absolute atomic E-state index is 13.2. The zero-order valence-corrected chi connectivity index (χ0v) is 9.00. The van der Waals surface area contributed by atoms with Crippen molar-refractivity contribution in [3.63, 3.8) is 0 Å². The van der Waals surface area contributed by atoms with Gasteiger partial charge in [-0.15, -0.1) is 0 Å². The fraction of sp³-hybridized carbons (Fsp3) is 0. The van der Waals surface area contributed by atoms with E-state index in [1.165, 1.54) is 6.07 Å². The van der Waals surface area contributed by atoms with Crippen LogP contribution in [-0.4, -0.2) is 0 Å². The lowest BCUT2D eigenvalue weighted by molar-refractivity contribution is 0.624. The third-order valence-corrected chi connectivity index (χ3v) is 2.68. The summed E-state index contributed by atoms with van der Waals surface area (Å²) < 4.78 is 13.2. The molecule has 78 valence electrons. The largest absolute Gasteiger partial charge is 0.205 e. The van der Waals surface area contributed by atoms with Gasteiger partial charge in [0, 0.05) is 5.56 Å². The van der Waals surface area contributed by atoms with Crippen molar-refractivity contribution in [3.8, 4) is 17.2 Å². The summed E-state index contributed by atoms with van der Waals surface area (Å²) in [6, 6.07) is 13.9. The Morgan fingerprint density at radius 2 is 1.75 bits per heavy atom. The molecule has 0 aliphatic carbocycles. The number of hydrogen-bond donors (Lipinski definition) is 0. The molecule has 0 spiro atoms. The van der Waals surface area contributed by atoms with Crippen LogP contribution >= 0.6 is 11.6 Å². The highest BCUT2D eigenvalue weighted by Crippen LogP contribution is 2.31. The van der Waals surface area contributed by atoms with Crippen LogP contribution in [0.3, 0.4) is 0 Å². The van der Waals surface area contributed by atoms with Gasteiger partial charge in [0.05, 0.1) is 5.02 Å². The normalized spacial score (nSPS) is 9.81. The second kappa shape index (κ2) is 4.34. The van der Waals surface area contributed by atoms with E-state index in [0.717, 1.165) is 5.56 Å². The van der Waals surface area contributed by atoms with E-state index in [0.29, 0.717) is 5.56 Å². The smallest absolute Gasteiger partial charge is 0.142 e. The number of halogens is 2. The van der Waals surface area contributed by atoms with Gasteiger partial charge < -0.3 is 0 Å². The summed E-state index contributed by atoms with van der Waals surface area (Å²) in [6.07, 6.45) is 0. The van der Waals surface area contributed by atoms with E-state index in [1.807, 2.05) is 30.3 Å². The van der Waals surface area contributed by atoms with Crippen LogP contribution < -0.4 is 0 Å². The topological polar surface area (TPSA) is 23.8 Å². The Morgan fingerprint density at radius 1 is 1.06 bits per heavy atom. The molecule has 0 N–H and O–H groups in total. The SMILES string of the molecule is N#Cc1c(F)ccc(-c2ccccc2)c1Cl. The lowest BCUT2D eigenvalue weighted by atomic mass is 10.0. The van der Waals surface area contributed by atoms with Crippen molar-refractivity contribution < 1.29 is 4.39 Å². The maximum atomic E-state index is 13.2. The van der Waals surface area contributed by atoms with Gasteiger partial charge in [-0.1, -0.05) is 41.9 Å². The molecule has 0 unspecified atom stereocenters. The third-order valence-electron chi connectivity index (χ3n) is 2.29. The summed E-state index contributed by atoms with van der Waals surface area (Å²) in [4.78, 5) is 0. The molecule has 3 heteroatoms. The summed E-state index contributed by atoms with van der Waals surface area (Å²) in [5.74, 6) is -0.591. The van der Waals surface area contributed by atoms with Gasteiger partial charge in [0.1, 0.15) is 17.4 Å². The average molecular weight is 232 g/mol. The van der Waals surface area contributed by atoms with Crippen molar-refractivity contribution >= 4 is 11.6 Å². The molecule has 0 saturated carbocycles. The molecule has 0 aliphatic rings. The van der Waals surface area contributed by atoms with Crippen molar-refractivity contribution in [1.82, 2.24) is 0 Å². The molecule has 0 heterocycles. The predicted octanol–water partition coefficient (Wildman–Crippen LogP) is 4.02. The minimum atomic E-state index is -0.591. The molecule has 16 heavy (non-hydrogen) atoms. The van der Waals surface area contributed by atoms with Gasteiger partial charge in [-0.25, -0.2) is 4.39 Å². The predicted molar refractivity (Wildman–Crippen MR) is 61.6 cm³/mol.